The molecule has 62 heavy (non-hydrogen) atoms. The predicted molar refractivity (Wildman–Crippen MR) is 246 cm³/mol. The van der Waals surface area contributed by atoms with Gasteiger partial charge in [0.25, 0.3) is 0 Å². The number of hydrogen-bond acceptors (Lipinski definition) is 10. The van der Waals surface area contributed by atoms with Crippen molar-refractivity contribution >= 4 is 81.4 Å². The number of pyridine rings is 2. The number of nitrogens with one attached hydrogen (secondary N) is 2. The van der Waals surface area contributed by atoms with Gasteiger partial charge in [-0.2, -0.15) is 4.73 Å². The van der Waals surface area contributed by atoms with E-state index in [0.29, 0.717) is 62.6 Å². The number of nitrogens with zero attached hydrogens (tertiary/aromatic N) is 2. The highest BCUT2D eigenvalue weighted by Crippen LogP contribution is 2.42. The van der Waals surface area contributed by atoms with Crippen LogP contribution in [0.25, 0.3) is 33.0 Å². The normalized spacial score (nSPS) is 14.8. The standard InChI is InChI=1S/C23H19ClN2O4S.C23H19ClN2O3S.CH4/c1-14(27)20-5-6-21(31-20)16-9-17-10-18(30-23(17)19(24)11-16)12-25-22(28)7-4-15-3-2-8-26(29)13-15;1-14(27)20-5-6-21(30-20)16-9-17-10-18(29-23(17)19(24)11-16)13-26-22(28)7-4-15-3-2-8-25-12-15;/h2-9,11,13,18H,10,12H2,1H3,(H,25,28);2-9,11-12,18H,10,13H2,1H3,(H,26,28);1H4/b2*7-4+;. The van der Waals surface area contributed by atoms with E-state index in [9.17, 15) is 24.4 Å². The summed E-state index contributed by atoms with van der Waals surface area (Å²) in [6.07, 6.45) is 13.1. The first-order chi connectivity index (χ1) is 29.4. The first-order valence-electron chi connectivity index (χ1n) is 19.1. The molecular formula is C47H42Cl2N4O7S2. The fourth-order valence-electron chi connectivity index (χ4n) is 6.59. The maximum Gasteiger partial charge on any atom is 0.244 e. The molecule has 4 aromatic heterocycles. The smallest absolute Gasteiger partial charge is 0.244 e. The quantitative estimate of drug-likeness (QED) is 0.0534. The minimum Gasteiger partial charge on any atom is -0.619 e. The SMILES string of the molecule is C.CC(=O)c1ccc(-c2cc(Cl)c3c(c2)CC(CNC(=O)/C=C/c2ccc[n+]([O-])c2)O3)s1.CC(=O)c1ccc(-c2cc(Cl)c3c(c2)CC(CNC(=O)/C=C/c2cccnc2)O3)s1. The Kier molecular flexibility index (Phi) is 15.1. The summed E-state index contributed by atoms with van der Waals surface area (Å²) in [6, 6.07) is 22.3. The molecule has 15 heteroatoms. The molecule has 2 aliphatic rings. The number of rotatable bonds is 12. The van der Waals surface area contributed by atoms with Gasteiger partial charge in [-0.3, -0.25) is 24.2 Å². The number of Topliss-reactive ketones (excluding diaryl/α,β-unsaturated/α-hetero) is 2. The Morgan fingerprint density at radius 2 is 1.26 bits per heavy atom. The Morgan fingerprint density at radius 1 is 0.758 bits per heavy atom. The molecule has 0 spiro atoms. The van der Waals surface area contributed by atoms with Crippen LogP contribution in [0, 0.1) is 5.21 Å². The number of benzene rings is 2. The summed E-state index contributed by atoms with van der Waals surface area (Å²) < 4.78 is 12.6. The van der Waals surface area contributed by atoms with Crippen molar-refractivity contribution < 1.29 is 33.4 Å². The van der Waals surface area contributed by atoms with Crippen LogP contribution in [0.15, 0.2) is 110 Å². The summed E-state index contributed by atoms with van der Waals surface area (Å²) in [5.74, 6) is 0.914. The van der Waals surface area contributed by atoms with Gasteiger partial charge in [-0.05, 0) is 103 Å². The van der Waals surface area contributed by atoms with Gasteiger partial charge in [-0.15, -0.1) is 22.7 Å². The van der Waals surface area contributed by atoms with Crippen molar-refractivity contribution in [3.8, 4) is 32.4 Å². The number of carbonyl (C=O) groups excluding carboxylic acids is 4. The lowest BCUT2D eigenvalue weighted by Crippen LogP contribution is -2.33. The van der Waals surface area contributed by atoms with Gasteiger partial charge in [0.2, 0.25) is 11.8 Å². The Balaban J connectivity index is 0.000000204. The van der Waals surface area contributed by atoms with Crippen LogP contribution in [0.4, 0.5) is 0 Å². The van der Waals surface area contributed by atoms with E-state index < -0.39 is 0 Å². The molecule has 0 radical (unpaired) electrons. The van der Waals surface area contributed by atoms with Crippen LogP contribution < -0.4 is 24.8 Å². The van der Waals surface area contributed by atoms with Crippen LogP contribution >= 0.6 is 45.9 Å². The van der Waals surface area contributed by atoms with Crippen molar-refractivity contribution in [2.45, 2.75) is 46.3 Å². The zero-order chi connectivity index (χ0) is 43.0. The minimum atomic E-state index is -0.275. The number of thiophene rings is 2. The molecule has 2 aliphatic heterocycles. The summed E-state index contributed by atoms with van der Waals surface area (Å²) in [6.45, 7) is 3.81. The van der Waals surface area contributed by atoms with Gasteiger partial charge in [0.1, 0.15) is 23.7 Å². The molecule has 2 N–H and O–H groups in total. The molecule has 2 amide bonds. The zero-order valence-corrected chi connectivity index (χ0v) is 36.0. The molecule has 2 unspecified atom stereocenters. The van der Waals surface area contributed by atoms with Crippen molar-refractivity contribution in [3.05, 3.63) is 157 Å². The maximum absolute atomic E-state index is 12.1. The Bertz CT molecular complexity index is 2680. The molecule has 0 saturated heterocycles. The van der Waals surface area contributed by atoms with Gasteiger partial charge in [0, 0.05) is 69.9 Å². The highest BCUT2D eigenvalue weighted by Gasteiger charge is 2.28. The first kappa shape index (κ1) is 45.4. The van der Waals surface area contributed by atoms with Gasteiger partial charge in [-0.25, -0.2) is 0 Å². The average molecular weight is 910 g/mol. The van der Waals surface area contributed by atoms with Crippen LogP contribution in [-0.2, 0) is 22.4 Å². The van der Waals surface area contributed by atoms with Crippen LogP contribution in [0.1, 0.15) is 62.9 Å². The molecule has 0 aliphatic carbocycles. The molecule has 6 aromatic rings. The van der Waals surface area contributed by atoms with E-state index in [0.717, 1.165) is 42.4 Å². The molecule has 2 aromatic carbocycles. The highest BCUT2D eigenvalue weighted by molar-refractivity contribution is 7.17. The number of fused-ring (bicyclic) bond motifs is 2. The molecule has 318 valence electrons. The van der Waals surface area contributed by atoms with Gasteiger partial charge >= 0.3 is 0 Å². The fraction of sp³-hybridized carbons (Fsp3) is 0.191. The summed E-state index contributed by atoms with van der Waals surface area (Å²) >= 11 is 15.8. The number of ether oxygens (including phenoxy) is 2. The number of hydrogen-bond donors (Lipinski definition) is 2. The summed E-state index contributed by atoms with van der Waals surface area (Å²) in [5.41, 5.74) is 5.37. The molecule has 2 atom stereocenters. The maximum atomic E-state index is 12.1. The first-order valence-corrected chi connectivity index (χ1v) is 21.5. The summed E-state index contributed by atoms with van der Waals surface area (Å²) in [7, 11) is 0. The second kappa shape index (κ2) is 20.6. The lowest BCUT2D eigenvalue weighted by Gasteiger charge is -2.11. The topological polar surface area (TPSA) is 151 Å². The Morgan fingerprint density at radius 3 is 1.71 bits per heavy atom. The predicted octanol–water partition coefficient (Wildman–Crippen LogP) is 9.47. The lowest BCUT2D eigenvalue weighted by atomic mass is 10.1. The molecule has 0 fully saturated rings. The average Bonchev–Trinajstić information content (AvgIpc) is 4.08. The van der Waals surface area contributed by atoms with Crippen molar-refractivity contribution in [2.24, 2.45) is 0 Å². The van der Waals surface area contributed by atoms with Gasteiger partial charge in [-0.1, -0.05) is 36.7 Å². The second-order valence-corrected chi connectivity index (χ2v) is 17.1. The van der Waals surface area contributed by atoms with Gasteiger partial charge in [0.05, 0.1) is 32.9 Å². The van der Waals surface area contributed by atoms with Gasteiger partial charge < -0.3 is 25.3 Å². The second-order valence-electron chi connectivity index (χ2n) is 14.2. The third kappa shape index (κ3) is 11.6. The van der Waals surface area contributed by atoms with Crippen LogP contribution in [0.3, 0.4) is 0 Å². The van der Waals surface area contributed by atoms with Gasteiger partial charge in [0.15, 0.2) is 24.0 Å². The third-order valence-electron chi connectivity index (χ3n) is 9.52. The third-order valence-corrected chi connectivity index (χ3v) is 12.6. The molecule has 8 rings (SSSR count). The van der Waals surface area contributed by atoms with E-state index in [4.69, 9.17) is 32.7 Å². The molecule has 11 nitrogen and oxygen atoms in total. The van der Waals surface area contributed by atoms with Crippen LogP contribution in [-0.4, -0.2) is 53.7 Å². The number of halogens is 2. The molecule has 0 saturated carbocycles. The minimum absolute atomic E-state index is 0. The van der Waals surface area contributed by atoms with Crippen LogP contribution in [0.5, 0.6) is 11.5 Å². The van der Waals surface area contributed by atoms with E-state index in [2.05, 4.69) is 15.6 Å². The highest BCUT2D eigenvalue weighted by atomic mass is 35.5. The monoisotopic (exact) mass is 908 g/mol. The van der Waals surface area contributed by atoms with E-state index in [-0.39, 0.29) is 43.0 Å². The summed E-state index contributed by atoms with van der Waals surface area (Å²) in [5, 5.41) is 18.0. The largest absolute Gasteiger partial charge is 0.619 e. The van der Waals surface area contributed by atoms with E-state index in [1.54, 1.807) is 50.5 Å². The van der Waals surface area contributed by atoms with Crippen molar-refractivity contribution in [2.75, 3.05) is 13.1 Å². The van der Waals surface area contributed by atoms with Crippen molar-refractivity contribution in [1.29, 1.82) is 0 Å². The fourth-order valence-corrected chi connectivity index (χ4v) is 8.93. The summed E-state index contributed by atoms with van der Waals surface area (Å²) in [4.78, 5) is 54.7. The zero-order valence-electron chi connectivity index (χ0n) is 32.9. The van der Waals surface area contributed by atoms with Crippen molar-refractivity contribution in [1.82, 2.24) is 15.6 Å². The Labute approximate surface area is 377 Å². The van der Waals surface area contributed by atoms with E-state index in [1.807, 2.05) is 60.7 Å². The number of carbonyl (C=O) groups is 4. The lowest BCUT2D eigenvalue weighted by molar-refractivity contribution is -0.605. The number of amides is 2. The van der Waals surface area contributed by atoms with Crippen LogP contribution in [0.2, 0.25) is 10.0 Å². The Hall–Kier alpha value is -6.12. The van der Waals surface area contributed by atoms with E-state index >= 15 is 0 Å². The van der Waals surface area contributed by atoms with Crippen molar-refractivity contribution in [3.63, 3.8) is 0 Å². The molecule has 0 bridgehead atoms. The number of aromatic nitrogens is 2. The number of ketones is 2. The molecular weight excluding hydrogens is 868 g/mol. The molecule has 6 heterocycles. The van der Waals surface area contributed by atoms with E-state index in [1.165, 1.54) is 47.2 Å².